The zero-order chi connectivity index (χ0) is 16.3. The second kappa shape index (κ2) is 6.69. The Morgan fingerprint density at radius 2 is 2.18 bits per heavy atom. The predicted molar refractivity (Wildman–Crippen MR) is 78.5 cm³/mol. The summed E-state index contributed by atoms with van der Waals surface area (Å²) in [4.78, 5) is 14.3. The Morgan fingerprint density at radius 3 is 2.73 bits per heavy atom. The van der Waals surface area contributed by atoms with E-state index >= 15 is 0 Å². The molecular weight excluding hydrogens is 293 g/mol. The lowest BCUT2D eigenvalue weighted by molar-refractivity contribution is -0.138. The molecule has 3 nitrogen and oxygen atoms in total. The van der Waals surface area contributed by atoms with E-state index in [9.17, 15) is 18.0 Å². The Balaban J connectivity index is 2.22. The molecule has 0 radical (unpaired) electrons. The van der Waals surface area contributed by atoms with Crippen LogP contribution in [0.25, 0.3) is 0 Å². The molecule has 2 atom stereocenters. The molecule has 0 aromatic heterocycles. The van der Waals surface area contributed by atoms with Gasteiger partial charge in [0, 0.05) is 19.6 Å². The highest BCUT2D eigenvalue weighted by Crippen LogP contribution is 2.32. The Hall–Kier alpha value is -1.56. The molecule has 0 saturated carbocycles. The third-order valence-electron chi connectivity index (χ3n) is 4.25. The van der Waals surface area contributed by atoms with Crippen LogP contribution in [-0.2, 0) is 11.0 Å². The number of hydrogen-bond acceptors (Lipinski definition) is 2. The third-order valence-corrected chi connectivity index (χ3v) is 4.25. The quantitative estimate of drug-likeness (QED) is 0.926. The summed E-state index contributed by atoms with van der Waals surface area (Å²) in [6.07, 6.45) is -3.04. The molecule has 6 heteroatoms. The number of likely N-dealkylation sites (N-methyl/N-ethyl adjacent to an activating group) is 1. The van der Waals surface area contributed by atoms with Crippen LogP contribution in [0.4, 0.5) is 13.2 Å². The van der Waals surface area contributed by atoms with Gasteiger partial charge in [0.05, 0.1) is 11.5 Å². The van der Waals surface area contributed by atoms with E-state index in [2.05, 4.69) is 5.32 Å². The van der Waals surface area contributed by atoms with E-state index in [1.165, 1.54) is 6.07 Å². The molecule has 1 aromatic carbocycles. The van der Waals surface area contributed by atoms with Crippen molar-refractivity contribution in [1.29, 1.82) is 0 Å². The molecular formula is C16H21F3N2O. The fourth-order valence-corrected chi connectivity index (χ4v) is 2.88. The maximum absolute atomic E-state index is 12.8. The van der Waals surface area contributed by atoms with Crippen molar-refractivity contribution in [3.05, 3.63) is 35.4 Å². The van der Waals surface area contributed by atoms with Gasteiger partial charge in [-0.05, 0) is 31.0 Å². The summed E-state index contributed by atoms with van der Waals surface area (Å²) in [7, 11) is 1.73. The first-order valence-corrected chi connectivity index (χ1v) is 7.49. The van der Waals surface area contributed by atoms with Crippen molar-refractivity contribution in [2.24, 2.45) is 0 Å². The van der Waals surface area contributed by atoms with Crippen LogP contribution in [0.1, 0.15) is 36.8 Å². The summed E-state index contributed by atoms with van der Waals surface area (Å²) in [5, 5.41) is 3.19. The van der Waals surface area contributed by atoms with Gasteiger partial charge in [0.15, 0.2) is 0 Å². The predicted octanol–water partition coefficient (Wildman–Crippen LogP) is 3.02. The molecule has 22 heavy (non-hydrogen) atoms. The Bertz CT molecular complexity index is 524. The lowest BCUT2D eigenvalue weighted by Crippen LogP contribution is -2.41. The van der Waals surface area contributed by atoms with Crippen molar-refractivity contribution in [1.82, 2.24) is 10.2 Å². The lowest BCUT2D eigenvalue weighted by Gasteiger charge is -2.28. The fourth-order valence-electron chi connectivity index (χ4n) is 2.88. The molecule has 0 spiro atoms. The number of carbonyl (C=O) groups excluding carboxylic acids is 1. The number of nitrogens with one attached hydrogen (secondary N) is 1. The van der Waals surface area contributed by atoms with Crippen LogP contribution >= 0.6 is 0 Å². The number of alkyl halides is 3. The number of rotatable bonds is 4. The first-order chi connectivity index (χ1) is 10.3. The maximum Gasteiger partial charge on any atom is 0.416 e. The number of hydrogen-bond donors (Lipinski definition) is 1. The number of nitrogens with zero attached hydrogens (tertiary/aromatic N) is 1. The lowest BCUT2D eigenvalue weighted by atomic mass is 9.93. The largest absolute Gasteiger partial charge is 0.416 e. The minimum absolute atomic E-state index is 0.115. The van der Waals surface area contributed by atoms with Gasteiger partial charge in [-0.25, -0.2) is 0 Å². The Morgan fingerprint density at radius 1 is 1.45 bits per heavy atom. The highest BCUT2D eigenvalue weighted by atomic mass is 19.4. The maximum atomic E-state index is 12.8. The first-order valence-electron chi connectivity index (χ1n) is 7.49. The summed E-state index contributed by atoms with van der Waals surface area (Å²) >= 11 is 0. The van der Waals surface area contributed by atoms with Crippen molar-refractivity contribution < 1.29 is 18.0 Å². The third kappa shape index (κ3) is 3.61. The molecule has 1 fully saturated rings. The SMILES string of the molecule is CCC(C(=O)N(C)C1CCNC1)c1cccc(C(F)(F)F)c1. The molecule has 0 bridgehead atoms. The average Bonchev–Trinajstić information content (AvgIpc) is 3.00. The van der Waals surface area contributed by atoms with Crippen LogP contribution in [0.3, 0.4) is 0 Å². The van der Waals surface area contributed by atoms with Crippen molar-refractivity contribution >= 4 is 5.91 Å². The highest BCUT2D eigenvalue weighted by Gasteiger charge is 2.33. The van der Waals surface area contributed by atoms with Crippen LogP contribution in [0.5, 0.6) is 0 Å². The zero-order valence-electron chi connectivity index (χ0n) is 12.8. The molecule has 0 aliphatic carbocycles. The number of carbonyl (C=O) groups is 1. The average molecular weight is 314 g/mol. The number of amides is 1. The van der Waals surface area contributed by atoms with E-state index in [-0.39, 0.29) is 11.9 Å². The molecule has 2 unspecified atom stereocenters. The molecule has 1 heterocycles. The molecule has 1 aromatic rings. The van der Waals surface area contributed by atoms with E-state index in [0.717, 1.165) is 31.6 Å². The standard InChI is InChI=1S/C16H21F3N2O/c1-3-14(15(22)21(2)13-7-8-20-10-13)11-5-4-6-12(9-11)16(17,18)19/h4-6,9,13-14,20H,3,7-8,10H2,1-2H3. The van der Waals surface area contributed by atoms with Crippen molar-refractivity contribution in [2.75, 3.05) is 20.1 Å². The Kier molecular flexibility index (Phi) is 5.11. The molecule has 1 saturated heterocycles. The minimum atomic E-state index is -4.39. The van der Waals surface area contributed by atoms with E-state index in [0.29, 0.717) is 12.0 Å². The summed E-state index contributed by atoms with van der Waals surface area (Å²) in [5.74, 6) is -0.650. The van der Waals surface area contributed by atoms with Gasteiger partial charge in [0.2, 0.25) is 5.91 Å². The van der Waals surface area contributed by atoms with E-state index in [1.807, 2.05) is 6.92 Å². The fraction of sp³-hybridized carbons (Fsp3) is 0.562. The van der Waals surface area contributed by atoms with Gasteiger partial charge < -0.3 is 10.2 Å². The topological polar surface area (TPSA) is 32.3 Å². The van der Waals surface area contributed by atoms with Crippen LogP contribution in [0.2, 0.25) is 0 Å². The smallest absolute Gasteiger partial charge is 0.341 e. The highest BCUT2D eigenvalue weighted by molar-refractivity contribution is 5.83. The monoisotopic (exact) mass is 314 g/mol. The van der Waals surface area contributed by atoms with Crippen LogP contribution in [0.15, 0.2) is 24.3 Å². The molecule has 1 N–H and O–H groups in total. The van der Waals surface area contributed by atoms with Crippen LogP contribution < -0.4 is 5.32 Å². The number of benzene rings is 1. The van der Waals surface area contributed by atoms with E-state index < -0.39 is 17.7 Å². The zero-order valence-corrected chi connectivity index (χ0v) is 12.8. The first kappa shape index (κ1) is 16.8. The van der Waals surface area contributed by atoms with Gasteiger partial charge in [-0.15, -0.1) is 0 Å². The van der Waals surface area contributed by atoms with Gasteiger partial charge in [-0.1, -0.05) is 25.1 Å². The normalized spacial score (nSPS) is 20.0. The van der Waals surface area contributed by atoms with Crippen LogP contribution in [-0.4, -0.2) is 37.0 Å². The van der Waals surface area contributed by atoms with Crippen LogP contribution in [0, 0.1) is 0 Å². The Labute approximate surface area is 128 Å². The van der Waals surface area contributed by atoms with E-state index in [4.69, 9.17) is 0 Å². The van der Waals surface area contributed by atoms with Gasteiger partial charge >= 0.3 is 6.18 Å². The van der Waals surface area contributed by atoms with Gasteiger partial charge in [-0.3, -0.25) is 4.79 Å². The molecule has 1 amide bonds. The van der Waals surface area contributed by atoms with Crippen molar-refractivity contribution in [3.63, 3.8) is 0 Å². The van der Waals surface area contributed by atoms with Crippen molar-refractivity contribution in [3.8, 4) is 0 Å². The molecule has 122 valence electrons. The summed E-state index contributed by atoms with van der Waals surface area (Å²) in [6.45, 7) is 3.42. The molecule has 2 rings (SSSR count). The summed E-state index contributed by atoms with van der Waals surface area (Å²) in [6, 6.07) is 5.21. The molecule has 1 aliphatic rings. The minimum Gasteiger partial charge on any atom is -0.341 e. The number of halogens is 3. The molecule has 1 aliphatic heterocycles. The summed E-state index contributed by atoms with van der Waals surface area (Å²) < 4.78 is 38.5. The summed E-state index contributed by atoms with van der Waals surface area (Å²) in [5.41, 5.74) is -0.276. The second-order valence-electron chi connectivity index (χ2n) is 5.68. The van der Waals surface area contributed by atoms with Gasteiger partial charge in [0.1, 0.15) is 0 Å². The van der Waals surface area contributed by atoms with Gasteiger partial charge in [-0.2, -0.15) is 13.2 Å². The van der Waals surface area contributed by atoms with Gasteiger partial charge in [0.25, 0.3) is 0 Å². The van der Waals surface area contributed by atoms with Crippen molar-refractivity contribution in [2.45, 2.75) is 37.9 Å². The van der Waals surface area contributed by atoms with E-state index in [1.54, 1.807) is 18.0 Å². The second-order valence-corrected chi connectivity index (χ2v) is 5.68.